The van der Waals surface area contributed by atoms with E-state index in [0.29, 0.717) is 19.6 Å². The highest BCUT2D eigenvalue weighted by Crippen LogP contribution is 2.09. The fourth-order valence-corrected chi connectivity index (χ4v) is 2.14. The maximum absolute atomic E-state index is 11.4. The zero-order valence-corrected chi connectivity index (χ0v) is 12.1. The van der Waals surface area contributed by atoms with Crippen LogP contribution in [0.25, 0.3) is 0 Å². The van der Waals surface area contributed by atoms with Crippen LogP contribution in [0.1, 0.15) is 64.2 Å². The number of hydrogen-bond donors (Lipinski definition) is 0. The van der Waals surface area contributed by atoms with Crippen LogP contribution in [-0.4, -0.2) is 25.8 Å². The highest BCUT2D eigenvalue weighted by atomic mass is 16.5. The topological polar surface area (TPSA) is 35.5 Å². The maximum Gasteiger partial charge on any atom is 0.305 e. The van der Waals surface area contributed by atoms with Gasteiger partial charge in [-0.3, -0.25) is 4.79 Å². The van der Waals surface area contributed by atoms with Crippen molar-refractivity contribution in [2.75, 3.05) is 19.8 Å². The van der Waals surface area contributed by atoms with Gasteiger partial charge in [0.2, 0.25) is 0 Å². The second-order valence-electron chi connectivity index (χ2n) is 5.13. The van der Waals surface area contributed by atoms with Crippen LogP contribution in [-0.2, 0) is 14.3 Å². The monoisotopic (exact) mass is 268 g/mol. The number of cyclic esters (lactones) is 1. The lowest BCUT2D eigenvalue weighted by atomic mass is 10.1. The molecule has 0 fully saturated rings. The number of allylic oxidation sites excluding steroid dienone is 1. The summed E-state index contributed by atoms with van der Waals surface area (Å²) in [6.07, 6.45) is 15.1. The summed E-state index contributed by atoms with van der Waals surface area (Å²) < 4.78 is 10.7. The van der Waals surface area contributed by atoms with Gasteiger partial charge in [0.05, 0.1) is 13.2 Å². The minimum atomic E-state index is -0.0371. The first-order valence-corrected chi connectivity index (χ1v) is 7.78. The van der Waals surface area contributed by atoms with E-state index in [-0.39, 0.29) is 5.97 Å². The number of esters is 1. The van der Waals surface area contributed by atoms with Gasteiger partial charge in [0.25, 0.3) is 0 Å². The Hall–Kier alpha value is -0.830. The van der Waals surface area contributed by atoms with Crippen molar-refractivity contribution in [2.45, 2.75) is 64.2 Å². The molecule has 3 nitrogen and oxygen atoms in total. The van der Waals surface area contributed by atoms with E-state index in [1.807, 2.05) is 0 Å². The molecule has 0 saturated heterocycles. The van der Waals surface area contributed by atoms with Crippen molar-refractivity contribution in [1.82, 2.24) is 0 Å². The van der Waals surface area contributed by atoms with E-state index in [2.05, 4.69) is 12.2 Å². The second-order valence-corrected chi connectivity index (χ2v) is 5.13. The minimum absolute atomic E-state index is 0.0371. The number of rotatable bonds is 0. The van der Waals surface area contributed by atoms with Crippen molar-refractivity contribution in [1.29, 1.82) is 0 Å². The fourth-order valence-electron chi connectivity index (χ4n) is 2.14. The minimum Gasteiger partial charge on any atom is -0.466 e. The Balaban J connectivity index is 2.16. The van der Waals surface area contributed by atoms with Crippen molar-refractivity contribution in [3.8, 4) is 0 Å². The molecule has 1 aliphatic heterocycles. The molecule has 3 heteroatoms. The van der Waals surface area contributed by atoms with Crippen molar-refractivity contribution in [3.05, 3.63) is 12.2 Å². The number of carbonyl (C=O) groups excluding carboxylic acids is 1. The summed E-state index contributed by atoms with van der Waals surface area (Å²) in [5.74, 6) is -0.0371. The summed E-state index contributed by atoms with van der Waals surface area (Å²) >= 11 is 0. The molecule has 1 heterocycles. The Morgan fingerprint density at radius 2 is 1.53 bits per heavy atom. The van der Waals surface area contributed by atoms with E-state index in [0.717, 1.165) is 38.7 Å². The largest absolute Gasteiger partial charge is 0.466 e. The molecule has 0 atom stereocenters. The molecule has 0 unspecified atom stereocenters. The molecule has 110 valence electrons. The summed E-state index contributed by atoms with van der Waals surface area (Å²) in [5, 5.41) is 0. The fraction of sp³-hybridized carbons (Fsp3) is 0.812. The van der Waals surface area contributed by atoms with E-state index in [1.165, 1.54) is 25.7 Å². The number of carbonyl (C=O) groups is 1. The van der Waals surface area contributed by atoms with Crippen molar-refractivity contribution < 1.29 is 14.3 Å². The van der Waals surface area contributed by atoms with Gasteiger partial charge < -0.3 is 9.47 Å². The van der Waals surface area contributed by atoms with Crippen LogP contribution >= 0.6 is 0 Å². The van der Waals surface area contributed by atoms with Gasteiger partial charge in [-0.15, -0.1) is 0 Å². The molecule has 0 radical (unpaired) electrons. The van der Waals surface area contributed by atoms with Crippen LogP contribution in [0.15, 0.2) is 12.2 Å². The van der Waals surface area contributed by atoms with Gasteiger partial charge in [0.15, 0.2) is 0 Å². The van der Waals surface area contributed by atoms with Crippen LogP contribution in [0.4, 0.5) is 0 Å². The van der Waals surface area contributed by atoms with Gasteiger partial charge in [0.1, 0.15) is 0 Å². The Kier molecular flexibility index (Phi) is 10.4. The third-order valence-corrected chi connectivity index (χ3v) is 3.33. The molecule has 0 amide bonds. The van der Waals surface area contributed by atoms with Crippen LogP contribution in [0.5, 0.6) is 0 Å². The lowest BCUT2D eigenvalue weighted by molar-refractivity contribution is -0.144. The first-order chi connectivity index (χ1) is 9.39. The average molecular weight is 268 g/mol. The summed E-state index contributed by atoms with van der Waals surface area (Å²) in [6, 6.07) is 0. The maximum atomic E-state index is 11.4. The zero-order valence-electron chi connectivity index (χ0n) is 12.1. The van der Waals surface area contributed by atoms with Crippen molar-refractivity contribution >= 4 is 5.97 Å². The lowest BCUT2D eigenvalue weighted by Gasteiger charge is -2.06. The van der Waals surface area contributed by atoms with Crippen LogP contribution < -0.4 is 0 Å². The second kappa shape index (κ2) is 12.2. The molecule has 0 aromatic heterocycles. The zero-order chi connectivity index (χ0) is 13.6. The average Bonchev–Trinajstić information content (AvgIpc) is 2.41. The Labute approximate surface area is 117 Å². The van der Waals surface area contributed by atoms with Crippen LogP contribution in [0, 0.1) is 0 Å². The Bertz CT molecular complexity index is 248. The molecular weight excluding hydrogens is 240 g/mol. The summed E-state index contributed by atoms with van der Waals surface area (Å²) in [6.45, 7) is 2.00. The SMILES string of the molecule is O=C1CCCCCCCC/C=C\COCCCCO1. The van der Waals surface area contributed by atoms with Gasteiger partial charge in [-0.2, -0.15) is 0 Å². The van der Waals surface area contributed by atoms with E-state index in [9.17, 15) is 4.79 Å². The molecule has 19 heavy (non-hydrogen) atoms. The van der Waals surface area contributed by atoms with Gasteiger partial charge >= 0.3 is 5.97 Å². The molecule has 0 bridgehead atoms. The normalized spacial score (nSPS) is 23.9. The third-order valence-electron chi connectivity index (χ3n) is 3.33. The van der Waals surface area contributed by atoms with Crippen molar-refractivity contribution in [2.24, 2.45) is 0 Å². The lowest BCUT2D eigenvalue weighted by Crippen LogP contribution is -2.06. The first kappa shape index (κ1) is 16.2. The summed E-state index contributed by atoms with van der Waals surface area (Å²) in [5.41, 5.74) is 0. The standard InChI is InChI=1S/C16H28O3/c17-16-12-8-6-4-2-1-3-5-7-9-13-18-14-10-11-15-19-16/h7,9H,1-6,8,10-15H2/b9-7-. The molecule has 1 rings (SSSR count). The van der Waals surface area contributed by atoms with E-state index >= 15 is 0 Å². The smallest absolute Gasteiger partial charge is 0.305 e. The summed E-state index contributed by atoms with van der Waals surface area (Å²) in [4.78, 5) is 11.4. The highest BCUT2D eigenvalue weighted by molar-refractivity contribution is 5.69. The molecular formula is C16H28O3. The predicted molar refractivity (Wildman–Crippen MR) is 77.1 cm³/mol. The molecule has 0 aromatic rings. The van der Waals surface area contributed by atoms with Crippen LogP contribution in [0.2, 0.25) is 0 Å². The van der Waals surface area contributed by atoms with E-state index in [1.54, 1.807) is 0 Å². The van der Waals surface area contributed by atoms with Gasteiger partial charge in [-0.1, -0.05) is 37.8 Å². The van der Waals surface area contributed by atoms with Gasteiger partial charge in [-0.05, 0) is 32.1 Å². The van der Waals surface area contributed by atoms with E-state index < -0.39 is 0 Å². The molecule has 0 N–H and O–H groups in total. The highest BCUT2D eigenvalue weighted by Gasteiger charge is 2.02. The van der Waals surface area contributed by atoms with Crippen molar-refractivity contribution in [3.63, 3.8) is 0 Å². The molecule has 0 aliphatic carbocycles. The number of ether oxygens (including phenoxy) is 2. The van der Waals surface area contributed by atoms with Gasteiger partial charge in [-0.25, -0.2) is 0 Å². The predicted octanol–water partition coefficient (Wildman–Crippen LogP) is 4.02. The van der Waals surface area contributed by atoms with Gasteiger partial charge in [0, 0.05) is 13.0 Å². The molecule has 1 aliphatic rings. The Morgan fingerprint density at radius 1 is 0.789 bits per heavy atom. The quantitative estimate of drug-likeness (QED) is 0.492. The van der Waals surface area contributed by atoms with Crippen LogP contribution in [0.3, 0.4) is 0 Å². The third kappa shape index (κ3) is 10.8. The number of hydrogen-bond acceptors (Lipinski definition) is 3. The van der Waals surface area contributed by atoms with E-state index in [4.69, 9.17) is 9.47 Å². The molecule has 0 spiro atoms. The molecule has 0 saturated carbocycles. The Morgan fingerprint density at radius 3 is 2.42 bits per heavy atom. The summed E-state index contributed by atoms with van der Waals surface area (Å²) in [7, 11) is 0. The first-order valence-electron chi connectivity index (χ1n) is 7.78. The molecule has 0 aromatic carbocycles.